The van der Waals surface area contributed by atoms with Gasteiger partial charge in [0.25, 0.3) is 0 Å². The van der Waals surface area contributed by atoms with Crippen LogP contribution in [-0.4, -0.2) is 41.6 Å². The first-order valence-corrected chi connectivity index (χ1v) is 10.7. The predicted molar refractivity (Wildman–Crippen MR) is 102 cm³/mol. The summed E-state index contributed by atoms with van der Waals surface area (Å²) >= 11 is 0. The number of rotatable bonds is 8. The Labute approximate surface area is 143 Å². The van der Waals surface area contributed by atoms with Crippen molar-refractivity contribution in [3.8, 4) is 0 Å². The fraction of sp³-hybridized carbons (Fsp3) is 0.684. The molecule has 0 N–H and O–H groups in total. The molecule has 3 rings (SSSR count). The maximum absolute atomic E-state index is 2.84. The van der Waals surface area contributed by atoms with Crippen LogP contribution >= 0.6 is 8.37 Å². The molecule has 2 saturated heterocycles. The molecular weight excluding hydrogens is 301 g/mol. The summed E-state index contributed by atoms with van der Waals surface area (Å²) in [4.78, 5) is 0. The molecule has 2 heterocycles. The first kappa shape index (κ1) is 17.2. The van der Waals surface area contributed by atoms with E-state index < -0.39 is 0 Å². The Hall–Kier alpha value is -0.630. The van der Waals surface area contributed by atoms with Crippen molar-refractivity contribution in [3.05, 3.63) is 30.3 Å². The van der Waals surface area contributed by atoms with Crippen molar-refractivity contribution in [2.45, 2.75) is 58.4 Å². The van der Waals surface area contributed by atoms with Gasteiger partial charge in [0.15, 0.2) is 0 Å². The van der Waals surface area contributed by atoms with Gasteiger partial charge in [0.1, 0.15) is 8.37 Å². The molecule has 1 aromatic rings. The van der Waals surface area contributed by atoms with Crippen LogP contribution in [0, 0.1) is 0 Å². The van der Waals surface area contributed by atoms with E-state index in [9.17, 15) is 0 Å². The average molecular weight is 333 g/mol. The molecule has 23 heavy (non-hydrogen) atoms. The molecule has 128 valence electrons. The van der Waals surface area contributed by atoms with Crippen LogP contribution in [0.2, 0.25) is 0 Å². The molecule has 2 aliphatic rings. The van der Waals surface area contributed by atoms with Gasteiger partial charge in [-0.3, -0.25) is 4.67 Å². The van der Waals surface area contributed by atoms with E-state index in [1.54, 1.807) is 0 Å². The van der Waals surface area contributed by atoms with Crippen molar-refractivity contribution < 1.29 is 0 Å². The van der Waals surface area contributed by atoms with Gasteiger partial charge in [0.2, 0.25) is 0 Å². The molecule has 2 aliphatic heterocycles. The zero-order valence-corrected chi connectivity index (χ0v) is 15.7. The van der Waals surface area contributed by atoms with Gasteiger partial charge < -0.3 is 4.67 Å². The van der Waals surface area contributed by atoms with Gasteiger partial charge >= 0.3 is 0 Å². The van der Waals surface area contributed by atoms with Crippen molar-refractivity contribution in [1.29, 1.82) is 0 Å². The van der Waals surface area contributed by atoms with Gasteiger partial charge in [-0.15, -0.1) is 0 Å². The number of hydrogen-bond acceptors (Lipinski definition) is 3. The van der Waals surface area contributed by atoms with E-state index in [-0.39, 0.29) is 8.37 Å². The van der Waals surface area contributed by atoms with Crippen molar-refractivity contribution in [3.63, 3.8) is 0 Å². The molecule has 3 nitrogen and oxygen atoms in total. The second kappa shape index (κ2) is 8.46. The van der Waals surface area contributed by atoms with Crippen LogP contribution in [0.25, 0.3) is 0 Å². The summed E-state index contributed by atoms with van der Waals surface area (Å²) in [7, 11) is -0.312. The average Bonchev–Trinajstić information content (AvgIpc) is 3.17. The van der Waals surface area contributed by atoms with E-state index in [0.29, 0.717) is 0 Å². The van der Waals surface area contributed by atoms with Crippen LogP contribution in [-0.2, 0) is 0 Å². The monoisotopic (exact) mass is 333 g/mol. The number of benzene rings is 1. The number of nitrogens with zero attached hydrogens (tertiary/aromatic N) is 3. The molecule has 0 amide bonds. The van der Waals surface area contributed by atoms with Gasteiger partial charge in [-0.2, -0.15) is 0 Å². The number of unbranched alkanes of at least 4 members (excludes halogenated alkanes) is 2. The van der Waals surface area contributed by atoms with Gasteiger partial charge in [-0.05, 0) is 37.8 Å². The summed E-state index contributed by atoms with van der Waals surface area (Å²) in [6.45, 7) is 9.67. The zero-order valence-electron chi connectivity index (χ0n) is 14.8. The van der Waals surface area contributed by atoms with Crippen molar-refractivity contribution >= 4 is 14.1 Å². The molecule has 0 spiro atoms. The highest BCUT2D eigenvalue weighted by Crippen LogP contribution is 2.58. The minimum atomic E-state index is -0.312. The van der Waals surface area contributed by atoms with E-state index in [2.05, 4.69) is 58.2 Å². The maximum Gasteiger partial charge on any atom is 0.149 e. The Morgan fingerprint density at radius 2 is 1.78 bits per heavy atom. The second-order valence-corrected chi connectivity index (χ2v) is 8.90. The number of hydrogen-bond donors (Lipinski definition) is 0. The molecule has 1 unspecified atom stereocenters. The standard InChI is InChI=1S/C19H32N3P/c1-3-5-14-20(15-6-4-2)23-21-16-10-13-19(21)17-22(23)18-11-8-7-9-12-18/h7-9,11-12,19H,3-6,10,13-17H2,1-2H3/t19-,23?/m0/s1. The highest BCUT2D eigenvalue weighted by atomic mass is 31.2. The lowest BCUT2D eigenvalue weighted by Crippen LogP contribution is -2.31. The highest BCUT2D eigenvalue weighted by molar-refractivity contribution is 7.54. The third-order valence-electron chi connectivity index (χ3n) is 5.02. The Balaban J connectivity index is 1.82. The molecule has 4 heteroatoms. The molecular formula is C19H32N3P. The van der Waals surface area contributed by atoms with Crippen molar-refractivity contribution in [2.75, 3.05) is 30.8 Å². The van der Waals surface area contributed by atoms with Crippen LogP contribution in [0.3, 0.4) is 0 Å². The van der Waals surface area contributed by atoms with E-state index in [1.807, 2.05) is 0 Å². The Bertz CT molecular complexity index is 459. The largest absolute Gasteiger partial charge is 0.324 e. The summed E-state index contributed by atoms with van der Waals surface area (Å²) in [6, 6.07) is 11.9. The van der Waals surface area contributed by atoms with E-state index in [1.165, 1.54) is 70.4 Å². The summed E-state index contributed by atoms with van der Waals surface area (Å²) in [5, 5.41) is 0. The second-order valence-electron chi connectivity index (χ2n) is 6.81. The molecule has 0 aliphatic carbocycles. The van der Waals surface area contributed by atoms with Gasteiger partial charge in [-0.1, -0.05) is 44.9 Å². The van der Waals surface area contributed by atoms with E-state index in [4.69, 9.17) is 0 Å². The zero-order chi connectivity index (χ0) is 16.1. The SMILES string of the molecule is CCCCN(CCCC)P1N(c2ccccc2)C[C@@H]2CCCN21. The van der Waals surface area contributed by atoms with E-state index >= 15 is 0 Å². The molecule has 0 aromatic heterocycles. The highest BCUT2D eigenvalue weighted by Gasteiger charge is 2.45. The van der Waals surface area contributed by atoms with Gasteiger partial charge in [0, 0.05) is 37.9 Å². The smallest absolute Gasteiger partial charge is 0.149 e. The lowest BCUT2D eigenvalue weighted by molar-refractivity contribution is 0.385. The number of para-hydroxylation sites is 1. The predicted octanol–water partition coefficient (Wildman–Crippen LogP) is 5.10. The summed E-state index contributed by atoms with van der Waals surface area (Å²) in [5.74, 6) is 0. The summed E-state index contributed by atoms with van der Waals surface area (Å²) < 4.78 is 8.39. The van der Waals surface area contributed by atoms with Crippen LogP contribution in [0.5, 0.6) is 0 Å². The fourth-order valence-corrected chi connectivity index (χ4v) is 6.77. The van der Waals surface area contributed by atoms with Crippen molar-refractivity contribution in [2.24, 2.45) is 0 Å². The number of fused-ring (bicyclic) bond motifs is 1. The molecule has 0 radical (unpaired) electrons. The number of anilines is 1. The molecule has 1 aromatic carbocycles. The molecule has 2 atom stereocenters. The maximum atomic E-state index is 2.84. The van der Waals surface area contributed by atoms with Gasteiger partial charge in [0.05, 0.1) is 0 Å². The van der Waals surface area contributed by atoms with Crippen LogP contribution < -0.4 is 4.67 Å². The van der Waals surface area contributed by atoms with Crippen LogP contribution in [0.15, 0.2) is 30.3 Å². The lowest BCUT2D eigenvalue weighted by atomic mass is 10.2. The van der Waals surface area contributed by atoms with Gasteiger partial charge in [-0.25, -0.2) is 4.67 Å². The Kier molecular flexibility index (Phi) is 6.33. The first-order chi connectivity index (χ1) is 11.3. The topological polar surface area (TPSA) is 9.72 Å². The molecule has 0 bridgehead atoms. The minimum Gasteiger partial charge on any atom is -0.324 e. The van der Waals surface area contributed by atoms with Crippen LogP contribution in [0.1, 0.15) is 52.4 Å². The Morgan fingerprint density at radius 3 is 2.43 bits per heavy atom. The fourth-order valence-electron chi connectivity index (χ4n) is 3.75. The summed E-state index contributed by atoms with van der Waals surface area (Å²) in [5.41, 5.74) is 1.42. The normalized spacial score (nSPS) is 24.6. The van der Waals surface area contributed by atoms with E-state index in [0.717, 1.165) is 6.04 Å². The molecule has 0 saturated carbocycles. The minimum absolute atomic E-state index is 0.312. The van der Waals surface area contributed by atoms with Crippen molar-refractivity contribution in [1.82, 2.24) is 9.34 Å². The quantitative estimate of drug-likeness (QED) is 0.613. The Morgan fingerprint density at radius 1 is 1.09 bits per heavy atom. The lowest BCUT2D eigenvalue weighted by Gasteiger charge is -2.39. The van der Waals surface area contributed by atoms with Crippen LogP contribution in [0.4, 0.5) is 5.69 Å². The summed E-state index contributed by atoms with van der Waals surface area (Å²) in [6.07, 6.45) is 8.01. The third kappa shape index (κ3) is 3.90. The molecule has 2 fully saturated rings. The third-order valence-corrected chi connectivity index (χ3v) is 7.74. The first-order valence-electron chi connectivity index (χ1n) is 9.49.